The van der Waals surface area contributed by atoms with E-state index in [1.807, 2.05) is 12.1 Å². The Morgan fingerprint density at radius 1 is 1.12 bits per heavy atom. The zero-order valence-electron chi connectivity index (χ0n) is 12.4. The Morgan fingerprint density at radius 2 is 2.04 bits per heavy atom. The second kappa shape index (κ2) is 5.54. The van der Waals surface area contributed by atoms with E-state index < -0.39 is 5.91 Å². The molecule has 4 aromatic rings. The van der Waals surface area contributed by atoms with Gasteiger partial charge < -0.3 is 5.73 Å². The van der Waals surface area contributed by atoms with Crippen molar-refractivity contribution in [3.63, 3.8) is 0 Å². The van der Waals surface area contributed by atoms with Crippen LogP contribution in [0.3, 0.4) is 0 Å². The highest BCUT2D eigenvalue weighted by Gasteiger charge is 2.19. The number of amides is 1. The second-order valence-corrected chi connectivity index (χ2v) is 5.03. The SMILES string of the molecule is NC(=O)Cc1nc(-c2cnc3cccnn23)n(-c2ccccn2)n1. The zero-order chi connectivity index (χ0) is 16.5. The van der Waals surface area contributed by atoms with Gasteiger partial charge in [-0.3, -0.25) is 4.79 Å². The van der Waals surface area contributed by atoms with Gasteiger partial charge >= 0.3 is 0 Å². The standard InChI is InChI=1S/C15H12N8O/c16-11(24)8-12-20-15(23(21-12)13-4-1-2-6-17-13)10-9-18-14-5-3-7-19-22(10)14/h1-7,9H,8H2,(H2,16,24). The van der Waals surface area contributed by atoms with E-state index in [-0.39, 0.29) is 6.42 Å². The molecule has 0 radical (unpaired) electrons. The largest absolute Gasteiger partial charge is 0.369 e. The lowest BCUT2D eigenvalue weighted by Gasteiger charge is -2.03. The number of imidazole rings is 1. The van der Waals surface area contributed by atoms with Crippen molar-refractivity contribution in [1.29, 1.82) is 0 Å². The van der Waals surface area contributed by atoms with E-state index in [2.05, 4.69) is 25.1 Å². The molecule has 0 aromatic carbocycles. The summed E-state index contributed by atoms with van der Waals surface area (Å²) in [4.78, 5) is 24.2. The van der Waals surface area contributed by atoms with Crippen molar-refractivity contribution in [3.05, 3.63) is 54.7 Å². The molecule has 0 fully saturated rings. The van der Waals surface area contributed by atoms with Gasteiger partial charge in [-0.05, 0) is 24.3 Å². The molecule has 0 spiro atoms. The predicted molar refractivity (Wildman–Crippen MR) is 84.0 cm³/mol. The minimum atomic E-state index is -0.504. The summed E-state index contributed by atoms with van der Waals surface area (Å²) in [7, 11) is 0. The molecule has 0 aliphatic rings. The molecule has 0 unspecified atom stereocenters. The van der Waals surface area contributed by atoms with E-state index in [4.69, 9.17) is 5.73 Å². The van der Waals surface area contributed by atoms with Gasteiger partial charge in [-0.15, -0.1) is 5.10 Å². The number of nitrogens with zero attached hydrogens (tertiary/aromatic N) is 7. The molecule has 0 atom stereocenters. The van der Waals surface area contributed by atoms with Crippen LogP contribution in [0.15, 0.2) is 48.9 Å². The summed E-state index contributed by atoms with van der Waals surface area (Å²) < 4.78 is 3.20. The number of nitrogens with two attached hydrogens (primary N) is 1. The maximum Gasteiger partial charge on any atom is 0.225 e. The van der Waals surface area contributed by atoms with Gasteiger partial charge in [0.05, 0.1) is 12.6 Å². The normalized spacial score (nSPS) is 11.0. The summed E-state index contributed by atoms with van der Waals surface area (Å²) in [5, 5.41) is 8.64. The maximum absolute atomic E-state index is 11.2. The van der Waals surface area contributed by atoms with E-state index in [0.717, 1.165) is 0 Å². The van der Waals surface area contributed by atoms with E-state index in [9.17, 15) is 4.79 Å². The number of primary amides is 1. The van der Waals surface area contributed by atoms with Crippen LogP contribution in [0.2, 0.25) is 0 Å². The fourth-order valence-electron chi connectivity index (χ4n) is 2.37. The van der Waals surface area contributed by atoms with Crippen LogP contribution in [-0.2, 0) is 11.2 Å². The monoisotopic (exact) mass is 320 g/mol. The molecular formula is C15H12N8O. The third kappa shape index (κ3) is 2.37. The number of hydrogen-bond acceptors (Lipinski definition) is 6. The number of carbonyl (C=O) groups is 1. The summed E-state index contributed by atoms with van der Waals surface area (Å²) in [5.41, 5.74) is 6.58. The lowest BCUT2D eigenvalue weighted by Crippen LogP contribution is -2.14. The Bertz CT molecular complexity index is 1020. The molecule has 2 N–H and O–H groups in total. The lowest BCUT2D eigenvalue weighted by atomic mass is 10.4. The third-order valence-corrected chi connectivity index (χ3v) is 3.36. The first kappa shape index (κ1) is 14.0. The highest BCUT2D eigenvalue weighted by atomic mass is 16.1. The molecule has 9 heteroatoms. The molecule has 4 rings (SSSR count). The highest BCUT2D eigenvalue weighted by Crippen LogP contribution is 2.21. The second-order valence-electron chi connectivity index (χ2n) is 5.03. The molecule has 9 nitrogen and oxygen atoms in total. The van der Waals surface area contributed by atoms with Crippen LogP contribution in [0.5, 0.6) is 0 Å². The van der Waals surface area contributed by atoms with Gasteiger partial charge in [0.15, 0.2) is 23.1 Å². The van der Waals surface area contributed by atoms with E-state index >= 15 is 0 Å². The minimum Gasteiger partial charge on any atom is -0.369 e. The van der Waals surface area contributed by atoms with Gasteiger partial charge in [0.25, 0.3) is 0 Å². The Balaban J connectivity index is 1.93. The number of rotatable bonds is 4. The number of fused-ring (bicyclic) bond motifs is 1. The van der Waals surface area contributed by atoms with E-state index in [0.29, 0.717) is 28.8 Å². The van der Waals surface area contributed by atoms with Crippen molar-refractivity contribution in [1.82, 2.24) is 34.3 Å². The number of carbonyl (C=O) groups excluding carboxylic acids is 1. The first-order chi connectivity index (χ1) is 11.7. The predicted octanol–water partition coefficient (Wildman–Crippen LogP) is 0.400. The van der Waals surface area contributed by atoms with Crippen molar-refractivity contribution in [2.75, 3.05) is 0 Å². The number of pyridine rings is 1. The topological polar surface area (TPSA) is 117 Å². The highest BCUT2D eigenvalue weighted by molar-refractivity contribution is 5.75. The van der Waals surface area contributed by atoms with Crippen LogP contribution in [0.4, 0.5) is 0 Å². The maximum atomic E-state index is 11.2. The van der Waals surface area contributed by atoms with Crippen molar-refractivity contribution < 1.29 is 4.79 Å². The molecular weight excluding hydrogens is 308 g/mol. The Hall–Kier alpha value is -3.62. The van der Waals surface area contributed by atoms with Gasteiger partial charge in [-0.2, -0.15) is 9.78 Å². The molecule has 1 amide bonds. The van der Waals surface area contributed by atoms with Gasteiger partial charge in [-0.25, -0.2) is 19.5 Å². The Labute approximate surface area is 135 Å². The summed E-state index contributed by atoms with van der Waals surface area (Å²) >= 11 is 0. The smallest absolute Gasteiger partial charge is 0.225 e. The van der Waals surface area contributed by atoms with Crippen LogP contribution < -0.4 is 5.73 Å². The van der Waals surface area contributed by atoms with Crippen LogP contribution in [0.1, 0.15) is 5.82 Å². The number of aromatic nitrogens is 7. The summed E-state index contributed by atoms with van der Waals surface area (Å²) in [6.45, 7) is 0. The zero-order valence-corrected chi connectivity index (χ0v) is 12.4. The first-order valence-corrected chi connectivity index (χ1v) is 7.17. The van der Waals surface area contributed by atoms with Gasteiger partial charge in [0.2, 0.25) is 5.91 Å². The van der Waals surface area contributed by atoms with E-state index in [1.54, 1.807) is 46.0 Å². The molecule has 0 aliphatic carbocycles. The van der Waals surface area contributed by atoms with Crippen molar-refractivity contribution in [2.45, 2.75) is 6.42 Å². The van der Waals surface area contributed by atoms with Crippen LogP contribution in [-0.4, -0.2) is 40.3 Å². The third-order valence-electron chi connectivity index (χ3n) is 3.36. The van der Waals surface area contributed by atoms with Crippen molar-refractivity contribution in [2.24, 2.45) is 5.73 Å². The van der Waals surface area contributed by atoms with Gasteiger partial charge in [0.1, 0.15) is 5.69 Å². The molecule has 4 heterocycles. The molecule has 118 valence electrons. The van der Waals surface area contributed by atoms with Gasteiger partial charge in [-0.1, -0.05) is 6.07 Å². The van der Waals surface area contributed by atoms with Crippen LogP contribution >= 0.6 is 0 Å². The molecule has 0 aliphatic heterocycles. The summed E-state index contributed by atoms with van der Waals surface area (Å²) in [6, 6.07) is 9.08. The Morgan fingerprint density at radius 3 is 2.83 bits per heavy atom. The van der Waals surface area contributed by atoms with E-state index in [1.165, 1.54) is 0 Å². The fraction of sp³-hybridized carbons (Fsp3) is 0.0667. The van der Waals surface area contributed by atoms with Crippen molar-refractivity contribution >= 4 is 11.6 Å². The quantitative estimate of drug-likeness (QED) is 0.581. The molecule has 0 saturated carbocycles. The minimum absolute atomic E-state index is 0.0585. The van der Waals surface area contributed by atoms with Crippen molar-refractivity contribution in [3.8, 4) is 17.3 Å². The summed E-state index contributed by atoms with van der Waals surface area (Å²) in [6.07, 6.45) is 4.90. The molecule has 4 aromatic heterocycles. The summed E-state index contributed by atoms with van der Waals surface area (Å²) in [5.74, 6) is 0.864. The average Bonchev–Trinajstić information content (AvgIpc) is 3.19. The van der Waals surface area contributed by atoms with Gasteiger partial charge in [0, 0.05) is 12.4 Å². The average molecular weight is 320 g/mol. The fourth-order valence-corrected chi connectivity index (χ4v) is 2.37. The first-order valence-electron chi connectivity index (χ1n) is 7.17. The molecule has 0 bridgehead atoms. The van der Waals surface area contributed by atoms with Crippen LogP contribution in [0, 0.1) is 0 Å². The number of hydrogen-bond donors (Lipinski definition) is 1. The lowest BCUT2D eigenvalue weighted by molar-refractivity contribution is -0.117. The van der Waals surface area contributed by atoms with Crippen LogP contribution in [0.25, 0.3) is 23.0 Å². The molecule has 0 saturated heterocycles. The molecule has 24 heavy (non-hydrogen) atoms. The Kier molecular flexibility index (Phi) is 3.23.